The summed E-state index contributed by atoms with van der Waals surface area (Å²) in [5.41, 5.74) is -1.42. The number of hydrogen-bond donors (Lipinski definition) is 0. The Morgan fingerprint density at radius 3 is 2.77 bits per heavy atom. The van der Waals surface area contributed by atoms with E-state index in [-0.39, 0.29) is 42.6 Å². The molecule has 0 radical (unpaired) electrons. The van der Waals surface area contributed by atoms with E-state index in [9.17, 15) is 27.2 Å². The molecule has 1 aliphatic rings. The zero-order valence-electron chi connectivity index (χ0n) is 15.1. The molecule has 0 saturated carbocycles. The quantitative estimate of drug-likeness (QED) is 0.441. The van der Waals surface area contributed by atoms with E-state index in [1.807, 2.05) is 0 Å². The molecule has 30 heavy (non-hydrogen) atoms. The van der Waals surface area contributed by atoms with Gasteiger partial charge in [-0.15, -0.1) is 11.3 Å². The summed E-state index contributed by atoms with van der Waals surface area (Å²) in [7, 11) is 0. The van der Waals surface area contributed by atoms with E-state index in [1.165, 1.54) is 16.6 Å². The van der Waals surface area contributed by atoms with Crippen molar-refractivity contribution >= 4 is 39.1 Å². The third-order valence-electron chi connectivity index (χ3n) is 4.81. The molecule has 3 aromatic rings. The fraction of sp³-hybridized carbons (Fsp3) is 0.333. The first-order valence-corrected chi connectivity index (χ1v) is 10.0. The number of carbonyl (C=O) groups excluding carboxylic acids is 1. The van der Waals surface area contributed by atoms with E-state index < -0.39 is 34.5 Å². The van der Waals surface area contributed by atoms with Crippen LogP contribution in [0.15, 0.2) is 28.8 Å². The average molecular weight is 461 g/mol. The molecule has 6 nitrogen and oxygen atoms in total. The van der Waals surface area contributed by atoms with Gasteiger partial charge in [0.05, 0.1) is 23.8 Å². The van der Waals surface area contributed by atoms with Crippen LogP contribution < -0.4 is 5.56 Å². The molecule has 0 N–H and O–H groups in total. The van der Waals surface area contributed by atoms with Gasteiger partial charge in [-0.2, -0.15) is 13.2 Å². The summed E-state index contributed by atoms with van der Waals surface area (Å²) in [5, 5.41) is 0.894. The van der Waals surface area contributed by atoms with Crippen molar-refractivity contribution in [3.8, 4) is 11.1 Å². The Morgan fingerprint density at radius 1 is 1.33 bits per heavy atom. The first-order valence-electron chi connectivity index (χ1n) is 8.76. The molecule has 1 fully saturated rings. The maximum absolute atomic E-state index is 13.3. The van der Waals surface area contributed by atoms with Gasteiger partial charge in [0.2, 0.25) is 5.91 Å². The normalized spacial score (nSPS) is 17.1. The summed E-state index contributed by atoms with van der Waals surface area (Å²) < 4.78 is 53.9. The Morgan fingerprint density at radius 2 is 2.10 bits per heavy atom. The van der Waals surface area contributed by atoms with Crippen LogP contribution in [0.5, 0.6) is 0 Å². The minimum absolute atomic E-state index is 0.0242. The maximum Gasteiger partial charge on any atom is 0.419 e. The van der Waals surface area contributed by atoms with Gasteiger partial charge in [-0.25, -0.2) is 14.4 Å². The molecular formula is C18H13ClF4N4O2S. The molecule has 0 aliphatic carbocycles. The number of carbonyl (C=O) groups is 1. The molecule has 1 unspecified atom stereocenters. The molecule has 1 atom stereocenters. The number of thiophene rings is 1. The smallest absolute Gasteiger partial charge is 0.338 e. The SMILES string of the molecule is O=C(Cn1cnc2scc(-c3cnc(Cl)c(C(F)(F)F)c3)c2c1=O)N1CCC(F)C1. The molecule has 12 heteroatoms. The summed E-state index contributed by atoms with van der Waals surface area (Å²) in [5.74, 6) is -0.428. The van der Waals surface area contributed by atoms with Crippen LogP contribution in [0, 0.1) is 0 Å². The second kappa shape index (κ2) is 7.62. The molecule has 3 aromatic heterocycles. The van der Waals surface area contributed by atoms with Crippen LogP contribution in [0.25, 0.3) is 21.3 Å². The number of alkyl halides is 4. The van der Waals surface area contributed by atoms with Gasteiger partial charge in [-0.1, -0.05) is 11.6 Å². The van der Waals surface area contributed by atoms with Crippen molar-refractivity contribution in [2.75, 3.05) is 13.1 Å². The molecule has 0 spiro atoms. The fourth-order valence-corrected chi connectivity index (χ4v) is 4.39. The van der Waals surface area contributed by atoms with Crippen molar-refractivity contribution in [1.82, 2.24) is 19.4 Å². The lowest BCUT2D eigenvalue weighted by Crippen LogP contribution is -2.35. The van der Waals surface area contributed by atoms with Gasteiger partial charge in [-0.05, 0) is 12.5 Å². The topological polar surface area (TPSA) is 68.1 Å². The van der Waals surface area contributed by atoms with Gasteiger partial charge < -0.3 is 4.90 Å². The van der Waals surface area contributed by atoms with E-state index >= 15 is 0 Å². The molecule has 0 aromatic carbocycles. The van der Waals surface area contributed by atoms with Crippen molar-refractivity contribution in [3.63, 3.8) is 0 Å². The second-order valence-corrected chi connectivity index (χ2v) is 8.01. The summed E-state index contributed by atoms with van der Waals surface area (Å²) in [6, 6.07) is 0.824. The van der Waals surface area contributed by atoms with Crippen LogP contribution in [0.2, 0.25) is 5.15 Å². The largest absolute Gasteiger partial charge is 0.419 e. The Kier molecular flexibility index (Phi) is 5.27. The minimum Gasteiger partial charge on any atom is -0.338 e. The summed E-state index contributed by atoms with van der Waals surface area (Å²) >= 11 is 6.65. The highest BCUT2D eigenvalue weighted by molar-refractivity contribution is 7.17. The average Bonchev–Trinajstić information content (AvgIpc) is 3.30. The zero-order chi connectivity index (χ0) is 21.6. The number of halogens is 5. The second-order valence-electron chi connectivity index (χ2n) is 6.79. The van der Waals surface area contributed by atoms with Gasteiger partial charge in [0.15, 0.2) is 0 Å². The van der Waals surface area contributed by atoms with Crippen LogP contribution in [0.3, 0.4) is 0 Å². The molecule has 4 rings (SSSR count). The predicted octanol–water partition coefficient (Wildman–Crippen LogP) is 3.76. The highest BCUT2D eigenvalue weighted by atomic mass is 35.5. The van der Waals surface area contributed by atoms with Crippen molar-refractivity contribution in [2.45, 2.75) is 25.3 Å². The molecule has 4 heterocycles. The lowest BCUT2D eigenvalue weighted by molar-refractivity contribution is -0.137. The molecule has 1 amide bonds. The zero-order valence-corrected chi connectivity index (χ0v) is 16.7. The first kappa shape index (κ1) is 20.7. The minimum atomic E-state index is -4.71. The Hall–Kier alpha value is -2.53. The number of likely N-dealkylation sites (tertiary alicyclic amines) is 1. The third kappa shape index (κ3) is 3.79. The van der Waals surface area contributed by atoms with Gasteiger partial charge in [0.1, 0.15) is 22.7 Å². The standard InChI is InChI=1S/C18H13ClF4N4O2S/c19-15-12(18(21,22)23)3-9(4-24-15)11-7-30-16-14(11)17(29)27(8-25-16)6-13(28)26-2-1-10(20)5-26/h3-4,7-8,10H,1-2,5-6H2. The number of rotatable bonds is 3. The molecule has 1 aliphatic heterocycles. The monoisotopic (exact) mass is 460 g/mol. The highest BCUT2D eigenvalue weighted by Crippen LogP contribution is 2.38. The van der Waals surface area contributed by atoms with Gasteiger partial charge >= 0.3 is 6.18 Å². The Labute approximate surface area is 175 Å². The fourth-order valence-electron chi connectivity index (χ4n) is 3.28. The van der Waals surface area contributed by atoms with E-state index in [2.05, 4.69) is 9.97 Å². The first-order chi connectivity index (χ1) is 14.1. The number of pyridine rings is 1. The van der Waals surface area contributed by atoms with Crippen LogP contribution in [0.1, 0.15) is 12.0 Å². The highest BCUT2D eigenvalue weighted by Gasteiger charge is 2.34. The van der Waals surface area contributed by atoms with Crippen molar-refractivity contribution in [2.24, 2.45) is 0 Å². The Bertz CT molecular complexity index is 1190. The molecule has 1 saturated heterocycles. The van der Waals surface area contributed by atoms with Crippen LogP contribution in [-0.4, -0.2) is 44.6 Å². The van der Waals surface area contributed by atoms with Gasteiger partial charge in [0.25, 0.3) is 5.56 Å². The number of fused-ring (bicyclic) bond motifs is 1. The van der Waals surface area contributed by atoms with Crippen molar-refractivity contribution < 1.29 is 22.4 Å². The van der Waals surface area contributed by atoms with Crippen LogP contribution >= 0.6 is 22.9 Å². The van der Waals surface area contributed by atoms with E-state index in [0.29, 0.717) is 4.83 Å². The number of nitrogens with zero attached hydrogens (tertiary/aromatic N) is 4. The number of amides is 1. The van der Waals surface area contributed by atoms with Crippen LogP contribution in [-0.2, 0) is 17.5 Å². The predicted molar refractivity (Wildman–Crippen MR) is 103 cm³/mol. The third-order valence-corrected chi connectivity index (χ3v) is 5.99. The molecule has 158 valence electrons. The molecular weight excluding hydrogens is 448 g/mol. The van der Waals surface area contributed by atoms with E-state index in [1.54, 1.807) is 0 Å². The summed E-state index contributed by atoms with van der Waals surface area (Å²) in [4.78, 5) is 34.7. The van der Waals surface area contributed by atoms with Gasteiger partial charge in [-0.3, -0.25) is 14.2 Å². The lowest BCUT2D eigenvalue weighted by Gasteiger charge is -2.15. The number of aromatic nitrogens is 3. The number of hydrogen-bond acceptors (Lipinski definition) is 5. The maximum atomic E-state index is 13.3. The Balaban J connectivity index is 1.74. The summed E-state index contributed by atoms with van der Waals surface area (Å²) in [6.45, 7) is -0.0924. The van der Waals surface area contributed by atoms with E-state index in [4.69, 9.17) is 11.6 Å². The lowest BCUT2D eigenvalue weighted by atomic mass is 10.1. The van der Waals surface area contributed by atoms with Crippen molar-refractivity contribution in [1.29, 1.82) is 0 Å². The van der Waals surface area contributed by atoms with Gasteiger partial charge in [0, 0.05) is 29.2 Å². The van der Waals surface area contributed by atoms with E-state index in [0.717, 1.165) is 28.2 Å². The van der Waals surface area contributed by atoms with Crippen molar-refractivity contribution in [3.05, 3.63) is 45.0 Å². The summed E-state index contributed by atoms with van der Waals surface area (Å²) in [6.07, 6.45) is -3.20. The molecule has 0 bridgehead atoms. The van der Waals surface area contributed by atoms with Crippen LogP contribution in [0.4, 0.5) is 17.6 Å².